The van der Waals surface area contributed by atoms with Crippen LogP contribution in [0, 0.1) is 0 Å². The molecule has 1 aromatic carbocycles. The van der Waals surface area contributed by atoms with E-state index in [4.69, 9.17) is 28.5 Å². The van der Waals surface area contributed by atoms with E-state index in [1.165, 1.54) is 6.26 Å². The van der Waals surface area contributed by atoms with Gasteiger partial charge in [0.2, 0.25) is 12.7 Å². The molecule has 3 heterocycles. The molecule has 0 unspecified atom stereocenters. The summed E-state index contributed by atoms with van der Waals surface area (Å²) in [5.41, 5.74) is 0.226. The summed E-state index contributed by atoms with van der Waals surface area (Å²) >= 11 is 0. The molecule has 1 amide bonds. The summed E-state index contributed by atoms with van der Waals surface area (Å²) in [6.07, 6.45) is 1.67. The van der Waals surface area contributed by atoms with Gasteiger partial charge in [-0.3, -0.25) is 4.79 Å². The van der Waals surface area contributed by atoms with Crippen LogP contribution in [0.2, 0.25) is 0 Å². The second kappa shape index (κ2) is 7.85. The average molecular weight is 376 g/mol. The Kier molecular flexibility index (Phi) is 5.12. The van der Waals surface area contributed by atoms with E-state index in [9.17, 15) is 4.79 Å². The van der Waals surface area contributed by atoms with Crippen LogP contribution in [0.1, 0.15) is 22.8 Å². The van der Waals surface area contributed by atoms with Crippen LogP contribution < -0.4 is 14.2 Å². The number of morpholine rings is 1. The molecule has 0 bridgehead atoms. The Bertz CT molecular complexity index is 805. The molecule has 0 saturated carbocycles. The standard InChI is InChI=1S/C18H20N2O7/c21-5-3-13-8-20(4-6-23-13)18(22)14-9-25-17(19-14)10-24-12-1-2-15-16(7-12)27-11-26-15/h1-2,7,9,13,21H,3-6,8,10-11H2/t13-/m0/s1. The van der Waals surface area contributed by atoms with Gasteiger partial charge < -0.3 is 33.4 Å². The van der Waals surface area contributed by atoms with Crippen LogP contribution in [-0.4, -0.2) is 60.1 Å². The number of fused-ring (bicyclic) bond motifs is 1. The molecule has 0 aliphatic carbocycles. The number of aliphatic hydroxyl groups excluding tert-OH is 1. The number of carbonyl (C=O) groups is 1. The van der Waals surface area contributed by atoms with Crippen LogP contribution in [0.25, 0.3) is 0 Å². The van der Waals surface area contributed by atoms with Crippen LogP contribution in [0.4, 0.5) is 0 Å². The van der Waals surface area contributed by atoms with Crippen molar-refractivity contribution in [2.45, 2.75) is 19.1 Å². The first-order valence-corrected chi connectivity index (χ1v) is 8.71. The topological polar surface area (TPSA) is 103 Å². The van der Waals surface area contributed by atoms with Crippen molar-refractivity contribution in [3.63, 3.8) is 0 Å². The first-order valence-electron chi connectivity index (χ1n) is 8.71. The molecule has 2 aromatic rings. The van der Waals surface area contributed by atoms with Crippen LogP contribution in [0.5, 0.6) is 17.2 Å². The SMILES string of the molecule is O=C(c1coc(COc2ccc3c(c2)OCO3)n1)N1CCO[C@@H](CCO)C1. The van der Waals surface area contributed by atoms with Gasteiger partial charge in [-0.25, -0.2) is 4.98 Å². The number of aromatic nitrogens is 1. The van der Waals surface area contributed by atoms with E-state index in [1.54, 1.807) is 23.1 Å². The smallest absolute Gasteiger partial charge is 0.275 e. The maximum absolute atomic E-state index is 12.6. The minimum Gasteiger partial charge on any atom is -0.484 e. The molecule has 27 heavy (non-hydrogen) atoms. The Hall–Kier alpha value is -2.78. The first kappa shape index (κ1) is 17.6. The van der Waals surface area contributed by atoms with Gasteiger partial charge in [-0.1, -0.05) is 0 Å². The van der Waals surface area contributed by atoms with E-state index in [1.807, 2.05) is 0 Å². The van der Waals surface area contributed by atoms with E-state index < -0.39 is 0 Å². The molecule has 9 nitrogen and oxygen atoms in total. The normalized spacial score (nSPS) is 18.6. The van der Waals surface area contributed by atoms with Crippen molar-refractivity contribution in [3.05, 3.63) is 36.0 Å². The lowest BCUT2D eigenvalue weighted by molar-refractivity contribution is -0.0308. The fourth-order valence-corrected chi connectivity index (χ4v) is 2.97. The lowest BCUT2D eigenvalue weighted by Gasteiger charge is -2.32. The van der Waals surface area contributed by atoms with Gasteiger partial charge in [-0.05, 0) is 18.6 Å². The zero-order valence-electron chi connectivity index (χ0n) is 14.6. The van der Waals surface area contributed by atoms with Crippen molar-refractivity contribution in [2.24, 2.45) is 0 Å². The highest BCUT2D eigenvalue weighted by molar-refractivity contribution is 5.92. The van der Waals surface area contributed by atoms with E-state index in [0.717, 1.165) is 0 Å². The molecule has 1 atom stereocenters. The fourth-order valence-electron chi connectivity index (χ4n) is 2.97. The van der Waals surface area contributed by atoms with Crippen molar-refractivity contribution in [1.82, 2.24) is 9.88 Å². The fraction of sp³-hybridized carbons (Fsp3) is 0.444. The first-order chi connectivity index (χ1) is 13.2. The Morgan fingerprint density at radius 1 is 1.33 bits per heavy atom. The van der Waals surface area contributed by atoms with Gasteiger partial charge in [-0.2, -0.15) is 0 Å². The van der Waals surface area contributed by atoms with Crippen LogP contribution >= 0.6 is 0 Å². The number of benzene rings is 1. The molecule has 4 rings (SSSR count). The van der Waals surface area contributed by atoms with Gasteiger partial charge >= 0.3 is 0 Å². The molecule has 1 aromatic heterocycles. The Morgan fingerprint density at radius 2 is 2.22 bits per heavy atom. The van der Waals surface area contributed by atoms with Gasteiger partial charge in [0.15, 0.2) is 23.8 Å². The highest BCUT2D eigenvalue weighted by atomic mass is 16.7. The van der Waals surface area contributed by atoms with E-state index in [0.29, 0.717) is 49.3 Å². The summed E-state index contributed by atoms with van der Waals surface area (Å²) in [6.45, 7) is 1.66. The molecule has 1 saturated heterocycles. The van der Waals surface area contributed by atoms with Crippen molar-refractivity contribution >= 4 is 5.91 Å². The van der Waals surface area contributed by atoms with Crippen LogP contribution in [-0.2, 0) is 11.3 Å². The van der Waals surface area contributed by atoms with Crippen molar-refractivity contribution < 1.29 is 33.3 Å². The van der Waals surface area contributed by atoms with Crippen molar-refractivity contribution in [1.29, 1.82) is 0 Å². The number of rotatable bonds is 6. The lowest BCUT2D eigenvalue weighted by atomic mass is 10.2. The lowest BCUT2D eigenvalue weighted by Crippen LogP contribution is -2.46. The molecule has 9 heteroatoms. The second-order valence-corrected chi connectivity index (χ2v) is 6.19. The number of ether oxygens (including phenoxy) is 4. The number of hydrogen-bond acceptors (Lipinski definition) is 8. The van der Waals surface area contributed by atoms with Gasteiger partial charge in [0.1, 0.15) is 12.0 Å². The number of aliphatic hydroxyl groups is 1. The quantitative estimate of drug-likeness (QED) is 0.802. The Balaban J connectivity index is 1.34. The zero-order chi connectivity index (χ0) is 18.6. The minimum atomic E-state index is -0.223. The largest absolute Gasteiger partial charge is 0.484 e. The number of nitrogens with zero attached hydrogens (tertiary/aromatic N) is 2. The van der Waals surface area contributed by atoms with Gasteiger partial charge in [0.05, 0.1) is 12.7 Å². The van der Waals surface area contributed by atoms with E-state index in [2.05, 4.69) is 4.98 Å². The summed E-state index contributed by atoms with van der Waals surface area (Å²) in [4.78, 5) is 18.5. The third-order valence-electron chi connectivity index (χ3n) is 4.35. The summed E-state index contributed by atoms with van der Waals surface area (Å²) in [5, 5.41) is 9.03. The van der Waals surface area contributed by atoms with E-state index >= 15 is 0 Å². The molecule has 1 fully saturated rings. The molecule has 144 valence electrons. The molecule has 0 radical (unpaired) electrons. The van der Waals surface area contributed by atoms with Gasteiger partial charge in [0.25, 0.3) is 5.91 Å². The summed E-state index contributed by atoms with van der Waals surface area (Å²) in [5.74, 6) is 1.97. The van der Waals surface area contributed by atoms with Crippen LogP contribution in [0.3, 0.4) is 0 Å². The predicted molar refractivity (Wildman–Crippen MR) is 90.7 cm³/mol. The molecule has 2 aliphatic heterocycles. The number of oxazole rings is 1. The monoisotopic (exact) mass is 376 g/mol. The van der Waals surface area contributed by atoms with Crippen LogP contribution in [0.15, 0.2) is 28.9 Å². The summed E-state index contributed by atoms with van der Waals surface area (Å²) in [6, 6.07) is 5.26. The Morgan fingerprint density at radius 3 is 3.11 bits per heavy atom. The molecule has 1 N–H and O–H groups in total. The predicted octanol–water partition coefficient (Wildman–Crippen LogP) is 1.21. The summed E-state index contributed by atoms with van der Waals surface area (Å²) < 4.78 is 27.1. The third-order valence-corrected chi connectivity index (χ3v) is 4.35. The maximum atomic E-state index is 12.6. The summed E-state index contributed by atoms with van der Waals surface area (Å²) in [7, 11) is 0. The van der Waals surface area contributed by atoms with Crippen molar-refractivity contribution in [3.8, 4) is 17.2 Å². The molecular weight excluding hydrogens is 356 g/mol. The maximum Gasteiger partial charge on any atom is 0.275 e. The highest BCUT2D eigenvalue weighted by Crippen LogP contribution is 2.35. The molecular formula is C18H20N2O7. The number of carbonyl (C=O) groups excluding carboxylic acids is 1. The molecule has 2 aliphatic rings. The van der Waals surface area contributed by atoms with Gasteiger partial charge in [-0.15, -0.1) is 0 Å². The van der Waals surface area contributed by atoms with Gasteiger partial charge in [0, 0.05) is 25.8 Å². The highest BCUT2D eigenvalue weighted by Gasteiger charge is 2.26. The number of amides is 1. The van der Waals surface area contributed by atoms with E-state index in [-0.39, 0.29) is 37.7 Å². The molecule has 0 spiro atoms. The number of hydrogen-bond donors (Lipinski definition) is 1. The second-order valence-electron chi connectivity index (χ2n) is 6.19. The average Bonchev–Trinajstić information content (AvgIpc) is 3.35. The van der Waals surface area contributed by atoms with Crippen molar-refractivity contribution in [2.75, 3.05) is 33.1 Å². The minimum absolute atomic E-state index is 0.0258. The Labute approximate surface area is 155 Å². The third kappa shape index (κ3) is 3.99. The zero-order valence-corrected chi connectivity index (χ0v) is 14.6.